The van der Waals surface area contributed by atoms with Gasteiger partial charge in [-0.05, 0) is 30.3 Å². The second kappa shape index (κ2) is 9.16. The standard InChI is InChI=1S/C19H14BrClF3N3O4/c20-10-5-6-13(11(7-10)18(29)30)25-16(28)9-31-17-8-15(19(22,23)24)26-27(17)14-4-2-1-3-12(14)21/h1-8,15,26H,9H2,(H,25,28)(H,29,30). The van der Waals surface area contributed by atoms with Crippen molar-refractivity contribution in [3.05, 3.63) is 69.5 Å². The van der Waals surface area contributed by atoms with E-state index >= 15 is 0 Å². The molecular weight excluding hydrogens is 507 g/mol. The minimum absolute atomic E-state index is 0.0129. The van der Waals surface area contributed by atoms with Gasteiger partial charge >= 0.3 is 12.1 Å². The fourth-order valence-electron chi connectivity index (χ4n) is 2.69. The number of carbonyl (C=O) groups is 2. The van der Waals surface area contributed by atoms with Gasteiger partial charge in [-0.15, -0.1) is 0 Å². The highest BCUT2D eigenvalue weighted by molar-refractivity contribution is 9.10. The number of hydrogen-bond acceptors (Lipinski definition) is 5. The average Bonchev–Trinajstić information content (AvgIpc) is 3.12. The third-order valence-corrected chi connectivity index (χ3v) is 4.89. The van der Waals surface area contributed by atoms with Crippen LogP contribution in [0.4, 0.5) is 24.5 Å². The number of carbonyl (C=O) groups excluding carboxylic acids is 1. The van der Waals surface area contributed by atoms with Crippen molar-refractivity contribution in [3.8, 4) is 0 Å². The number of hydrogen-bond donors (Lipinski definition) is 3. The number of anilines is 2. The van der Waals surface area contributed by atoms with E-state index in [4.69, 9.17) is 16.3 Å². The molecule has 1 unspecified atom stereocenters. The Morgan fingerprint density at radius 1 is 1.26 bits per heavy atom. The van der Waals surface area contributed by atoms with Crippen LogP contribution in [0.15, 0.2) is 58.9 Å². The minimum atomic E-state index is -4.61. The number of ether oxygens (including phenoxy) is 1. The van der Waals surface area contributed by atoms with Crippen LogP contribution in [-0.2, 0) is 9.53 Å². The first kappa shape index (κ1) is 22.9. The van der Waals surface area contributed by atoms with E-state index in [1.807, 2.05) is 0 Å². The van der Waals surface area contributed by atoms with Gasteiger partial charge in [0, 0.05) is 10.5 Å². The highest BCUT2D eigenvalue weighted by Crippen LogP contribution is 2.34. The molecule has 12 heteroatoms. The summed E-state index contributed by atoms with van der Waals surface area (Å²) < 4.78 is 45.4. The smallest absolute Gasteiger partial charge is 0.409 e. The molecule has 2 aromatic carbocycles. The quantitative estimate of drug-likeness (QED) is 0.518. The Bertz CT molecular complexity index is 1050. The van der Waals surface area contributed by atoms with Gasteiger partial charge in [0.25, 0.3) is 5.91 Å². The zero-order valence-electron chi connectivity index (χ0n) is 15.4. The summed E-state index contributed by atoms with van der Waals surface area (Å²) in [5.74, 6) is -2.31. The Balaban J connectivity index is 1.76. The van der Waals surface area contributed by atoms with Crippen molar-refractivity contribution in [1.29, 1.82) is 0 Å². The second-order valence-electron chi connectivity index (χ2n) is 6.27. The Morgan fingerprint density at radius 2 is 1.97 bits per heavy atom. The normalized spacial score (nSPS) is 16.1. The summed E-state index contributed by atoms with van der Waals surface area (Å²) in [6.45, 7) is -0.672. The molecule has 0 saturated heterocycles. The van der Waals surface area contributed by atoms with E-state index in [1.54, 1.807) is 12.1 Å². The zero-order valence-corrected chi connectivity index (χ0v) is 17.8. The van der Waals surface area contributed by atoms with Crippen LogP contribution in [0, 0.1) is 0 Å². The number of benzene rings is 2. The maximum absolute atomic E-state index is 13.2. The average molecular weight is 521 g/mol. The van der Waals surface area contributed by atoms with Crippen LogP contribution in [0.5, 0.6) is 0 Å². The van der Waals surface area contributed by atoms with Gasteiger partial charge in [-0.1, -0.05) is 39.7 Å². The van der Waals surface area contributed by atoms with Crippen LogP contribution in [0.1, 0.15) is 10.4 Å². The monoisotopic (exact) mass is 519 g/mol. The third kappa shape index (κ3) is 5.49. The van der Waals surface area contributed by atoms with Gasteiger partial charge in [0.1, 0.15) is 6.04 Å². The molecule has 0 spiro atoms. The number of rotatable bonds is 6. The van der Waals surface area contributed by atoms with Gasteiger partial charge in [0.05, 0.1) is 22.0 Å². The lowest BCUT2D eigenvalue weighted by Crippen LogP contribution is -2.45. The van der Waals surface area contributed by atoms with E-state index < -0.39 is 30.7 Å². The molecule has 0 saturated carbocycles. The summed E-state index contributed by atoms with van der Waals surface area (Å²) in [5.41, 5.74) is 2.28. The highest BCUT2D eigenvalue weighted by atomic mass is 79.9. The van der Waals surface area contributed by atoms with Crippen molar-refractivity contribution in [1.82, 2.24) is 5.43 Å². The Kier molecular flexibility index (Phi) is 6.77. The Labute approximate surface area is 187 Å². The van der Waals surface area contributed by atoms with Crippen LogP contribution in [0.2, 0.25) is 5.02 Å². The van der Waals surface area contributed by atoms with Crippen LogP contribution < -0.4 is 15.8 Å². The van der Waals surface area contributed by atoms with Gasteiger partial charge in [-0.2, -0.15) is 13.2 Å². The molecule has 1 amide bonds. The minimum Gasteiger partial charge on any atom is -0.478 e. The number of amides is 1. The zero-order chi connectivity index (χ0) is 22.8. The van der Waals surface area contributed by atoms with E-state index in [0.29, 0.717) is 4.47 Å². The predicted molar refractivity (Wildman–Crippen MR) is 111 cm³/mol. The van der Waals surface area contributed by atoms with Gasteiger partial charge in [0.2, 0.25) is 5.88 Å². The SMILES string of the molecule is O=C(COC1=CC(C(F)(F)F)NN1c1ccccc1Cl)Nc1ccc(Br)cc1C(=O)O. The molecule has 1 atom stereocenters. The van der Waals surface area contributed by atoms with Crippen molar-refractivity contribution in [3.63, 3.8) is 0 Å². The number of hydrazine groups is 1. The molecule has 3 N–H and O–H groups in total. The van der Waals surface area contributed by atoms with Gasteiger partial charge < -0.3 is 15.2 Å². The van der Waals surface area contributed by atoms with Crippen LogP contribution in [-0.4, -0.2) is 35.8 Å². The lowest BCUT2D eigenvalue weighted by atomic mass is 10.2. The summed E-state index contributed by atoms with van der Waals surface area (Å²) >= 11 is 9.22. The molecule has 3 rings (SSSR count). The van der Waals surface area contributed by atoms with E-state index in [9.17, 15) is 27.9 Å². The van der Waals surface area contributed by atoms with Crippen molar-refractivity contribution in [2.75, 3.05) is 16.9 Å². The van der Waals surface area contributed by atoms with Crippen molar-refractivity contribution in [2.45, 2.75) is 12.2 Å². The number of para-hydroxylation sites is 1. The van der Waals surface area contributed by atoms with Crippen LogP contribution in [0.3, 0.4) is 0 Å². The van der Waals surface area contributed by atoms with Crippen LogP contribution in [0.25, 0.3) is 0 Å². The number of aromatic carboxylic acids is 1. The number of halogens is 5. The molecular formula is C19H14BrClF3N3O4. The maximum Gasteiger partial charge on any atom is 0.409 e. The molecule has 0 radical (unpaired) electrons. The first-order chi connectivity index (χ1) is 14.6. The molecule has 1 aliphatic heterocycles. The first-order valence-electron chi connectivity index (χ1n) is 8.61. The second-order valence-corrected chi connectivity index (χ2v) is 7.59. The fourth-order valence-corrected chi connectivity index (χ4v) is 3.27. The molecule has 0 aliphatic carbocycles. The number of carboxylic acids is 1. The topological polar surface area (TPSA) is 90.9 Å². The Hall–Kier alpha value is -2.76. The summed E-state index contributed by atoms with van der Waals surface area (Å²) in [4.78, 5) is 23.6. The van der Waals surface area contributed by atoms with Gasteiger partial charge in [-0.25, -0.2) is 15.2 Å². The molecule has 7 nitrogen and oxygen atoms in total. The van der Waals surface area contributed by atoms with Crippen molar-refractivity contribution >= 4 is 50.8 Å². The van der Waals surface area contributed by atoms with Gasteiger partial charge in [0.15, 0.2) is 6.61 Å². The molecule has 2 aromatic rings. The molecule has 0 fully saturated rings. The summed E-state index contributed by atoms with van der Waals surface area (Å²) in [6.07, 6.45) is -3.83. The summed E-state index contributed by atoms with van der Waals surface area (Å²) in [5, 5.41) is 12.8. The molecule has 164 valence electrons. The maximum atomic E-state index is 13.2. The number of carboxylic acid groups (broad SMARTS) is 1. The predicted octanol–water partition coefficient (Wildman–Crippen LogP) is 4.55. The number of nitrogens with zero attached hydrogens (tertiary/aromatic N) is 1. The van der Waals surface area contributed by atoms with E-state index in [2.05, 4.69) is 26.7 Å². The lowest BCUT2D eigenvalue weighted by molar-refractivity contribution is -0.142. The highest BCUT2D eigenvalue weighted by Gasteiger charge is 2.44. The lowest BCUT2D eigenvalue weighted by Gasteiger charge is -2.25. The number of alkyl halides is 3. The first-order valence-corrected chi connectivity index (χ1v) is 9.78. The summed E-state index contributed by atoms with van der Waals surface area (Å²) in [7, 11) is 0. The third-order valence-electron chi connectivity index (χ3n) is 4.08. The molecule has 31 heavy (non-hydrogen) atoms. The molecule has 0 aromatic heterocycles. The van der Waals surface area contributed by atoms with E-state index in [1.165, 1.54) is 30.3 Å². The molecule has 1 aliphatic rings. The molecule has 0 bridgehead atoms. The van der Waals surface area contributed by atoms with Crippen molar-refractivity contribution in [2.24, 2.45) is 0 Å². The van der Waals surface area contributed by atoms with Gasteiger partial charge in [-0.3, -0.25) is 4.79 Å². The molecule has 1 heterocycles. The fraction of sp³-hybridized carbons (Fsp3) is 0.158. The largest absolute Gasteiger partial charge is 0.478 e. The summed E-state index contributed by atoms with van der Waals surface area (Å²) in [6, 6.07) is 8.31. The van der Waals surface area contributed by atoms with Crippen LogP contribution >= 0.6 is 27.5 Å². The Morgan fingerprint density at radius 3 is 2.61 bits per heavy atom. The number of nitrogens with one attached hydrogen (secondary N) is 2. The van der Waals surface area contributed by atoms with E-state index in [0.717, 1.165) is 11.1 Å². The van der Waals surface area contributed by atoms with Crippen molar-refractivity contribution < 1.29 is 32.6 Å². The van der Waals surface area contributed by atoms with E-state index in [-0.39, 0.29) is 27.8 Å².